The van der Waals surface area contributed by atoms with Crippen molar-refractivity contribution >= 4 is 21.4 Å². The van der Waals surface area contributed by atoms with E-state index in [1.54, 1.807) is 43.5 Å². The summed E-state index contributed by atoms with van der Waals surface area (Å²) in [7, 11) is -2.07. The van der Waals surface area contributed by atoms with Gasteiger partial charge >= 0.3 is 0 Å². The minimum Gasteiger partial charge on any atom is -0.497 e. The van der Waals surface area contributed by atoms with Crippen molar-refractivity contribution in [3.8, 4) is 11.5 Å². The highest BCUT2D eigenvalue weighted by Crippen LogP contribution is 2.50. The molecule has 2 aliphatic rings. The van der Waals surface area contributed by atoms with Crippen molar-refractivity contribution in [2.24, 2.45) is 5.92 Å². The molecule has 1 aliphatic carbocycles. The van der Waals surface area contributed by atoms with Gasteiger partial charge in [0.05, 0.1) is 24.7 Å². The number of nitrogens with one attached hydrogen (secondary N) is 2. The fraction of sp³-hybridized carbons (Fsp3) is 0.259. The standard InChI is InChI=1S/C27H28N2O4S/c1-3-33-21-13-9-19(10-14-21)29-34(30,31)22-15-16-26-25(17-22)23-5-4-6-24(23)27(28-26)18-7-11-20(32-2)12-8-18/h4-5,7-17,23-24,27-29H,3,6H2,1-2H3. The van der Waals surface area contributed by atoms with Gasteiger partial charge in [-0.15, -0.1) is 0 Å². The molecular weight excluding hydrogens is 448 g/mol. The van der Waals surface area contributed by atoms with Crippen molar-refractivity contribution in [2.45, 2.75) is 30.2 Å². The summed E-state index contributed by atoms with van der Waals surface area (Å²) in [6, 6.07) is 20.5. The summed E-state index contributed by atoms with van der Waals surface area (Å²) in [6.07, 6.45) is 5.34. The Bertz CT molecular complexity index is 1300. The van der Waals surface area contributed by atoms with Crippen LogP contribution in [0, 0.1) is 5.92 Å². The van der Waals surface area contributed by atoms with Gasteiger partial charge in [0.15, 0.2) is 0 Å². The topological polar surface area (TPSA) is 76.7 Å². The van der Waals surface area contributed by atoms with E-state index in [9.17, 15) is 8.42 Å². The van der Waals surface area contributed by atoms with Gasteiger partial charge in [-0.25, -0.2) is 8.42 Å². The first-order valence-corrected chi connectivity index (χ1v) is 12.9. The number of allylic oxidation sites excluding steroid dienone is 2. The van der Waals surface area contributed by atoms with Gasteiger partial charge in [0.1, 0.15) is 11.5 Å². The number of hydrogen-bond acceptors (Lipinski definition) is 5. The Kier molecular flexibility index (Phi) is 5.96. The third-order valence-corrected chi connectivity index (χ3v) is 7.92. The summed E-state index contributed by atoms with van der Waals surface area (Å²) in [5.41, 5.74) is 3.67. The van der Waals surface area contributed by atoms with Gasteiger partial charge in [-0.3, -0.25) is 4.72 Å². The third-order valence-electron chi connectivity index (χ3n) is 6.54. The molecule has 1 aliphatic heterocycles. The van der Waals surface area contributed by atoms with Gasteiger partial charge in [-0.2, -0.15) is 0 Å². The Labute approximate surface area is 200 Å². The number of ether oxygens (including phenoxy) is 2. The third kappa shape index (κ3) is 4.23. The number of hydrogen-bond donors (Lipinski definition) is 2. The van der Waals surface area contributed by atoms with Crippen LogP contribution in [0.3, 0.4) is 0 Å². The largest absolute Gasteiger partial charge is 0.497 e. The van der Waals surface area contributed by atoms with E-state index >= 15 is 0 Å². The van der Waals surface area contributed by atoms with Gasteiger partial charge < -0.3 is 14.8 Å². The highest BCUT2D eigenvalue weighted by atomic mass is 32.2. The van der Waals surface area contributed by atoms with Gasteiger partial charge in [0, 0.05) is 17.3 Å². The quantitative estimate of drug-likeness (QED) is 0.427. The average Bonchev–Trinajstić information content (AvgIpc) is 3.35. The lowest BCUT2D eigenvalue weighted by Crippen LogP contribution is -2.29. The fourth-order valence-corrected chi connectivity index (χ4v) is 5.97. The molecule has 0 bridgehead atoms. The number of rotatable bonds is 7. The van der Waals surface area contributed by atoms with E-state index in [4.69, 9.17) is 9.47 Å². The van der Waals surface area contributed by atoms with Crippen LogP contribution in [-0.4, -0.2) is 22.1 Å². The molecule has 0 fully saturated rings. The zero-order valence-corrected chi connectivity index (χ0v) is 20.0. The summed E-state index contributed by atoms with van der Waals surface area (Å²) >= 11 is 0. The Morgan fingerprint density at radius 2 is 1.74 bits per heavy atom. The summed E-state index contributed by atoms with van der Waals surface area (Å²) in [6.45, 7) is 2.47. The van der Waals surface area contributed by atoms with Crippen LogP contribution < -0.4 is 19.5 Å². The van der Waals surface area contributed by atoms with Crippen molar-refractivity contribution in [2.75, 3.05) is 23.8 Å². The van der Waals surface area contributed by atoms with Crippen molar-refractivity contribution in [1.82, 2.24) is 0 Å². The van der Waals surface area contributed by atoms with Crippen LogP contribution in [0.25, 0.3) is 0 Å². The number of fused-ring (bicyclic) bond motifs is 3. The lowest BCUT2D eigenvalue weighted by Gasteiger charge is -2.37. The zero-order chi connectivity index (χ0) is 23.7. The molecule has 3 aromatic carbocycles. The predicted octanol–water partition coefficient (Wildman–Crippen LogP) is 5.72. The van der Waals surface area contributed by atoms with Crippen LogP contribution >= 0.6 is 0 Å². The molecule has 3 aromatic rings. The number of sulfonamides is 1. The van der Waals surface area contributed by atoms with Gasteiger partial charge in [0.25, 0.3) is 10.0 Å². The van der Waals surface area contributed by atoms with Crippen LogP contribution in [0.2, 0.25) is 0 Å². The monoisotopic (exact) mass is 476 g/mol. The van der Waals surface area contributed by atoms with E-state index in [0.717, 1.165) is 23.4 Å². The molecule has 5 rings (SSSR count). The summed E-state index contributed by atoms with van der Waals surface area (Å²) in [4.78, 5) is 0.254. The van der Waals surface area contributed by atoms with E-state index in [0.29, 0.717) is 24.0 Å². The SMILES string of the molecule is CCOc1ccc(NS(=O)(=O)c2ccc3c(c2)C2C=CCC2C(c2ccc(OC)cc2)N3)cc1. The molecule has 2 N–H and O–H groups in total. The maximum Gasteiger partial charge on any atom is 0.261 e. The van der Waals surface area contributed by atoms with Crippen LogP contribution in [-0.2, 0) is 10.0 Å². The van der Waals surface area contributed by atoms with E-state index < -0.39 is 10.0 Å². The Morgan fingerprint density at radius 3 is 2.44 bits per heavy atom. The Hall–Kier alpha value is -3.45. The first kappa shape index (κ1) is 22.3. The molecule has 1 heterocycles. The molecule has 0 saturated carbocycles. The van der Waals surface area contributed by atoms with Crippen molar-refractivity contribution in [1.29, 1.82) is 0 Å². The molecule has 6 nitrogen and oxygen atoms in total. The van der Waals surface area contributed by atoms with Crippen LogP contribution in [0.5, 0.6) is 11.5 Å². The molecule has 7 heteroatoms. The van der Waals surface area contributed by atoms with E-state index in [2.05, 4.69) is 34.3 Å². The summed E-state index contributed by atoms with van der Waals surface area (Å²) in [5, 5.41) is 3.66. The zero-order valence-electron chi connectivity index (χ0n) is 19.2. The second-order valence-electron chi connectivity index (χ2n) is 8.56. The fourth-order valence-electron chi connectivity index (χ4n) is 4.88. The average molecular weight is 477 g/mol. The molecule has 0 amide bonds. The smallest absolute Gasteiger partial charge is 0.261 e. The predicted molar refractivity (Wildman–Crippen MR) is 134 cm³/mol. The Balaban J connectivity index is 1.42. The number of methoxy groups -OCH3 is 1. The normalized spacial score (nSPS) is 20.7. The van der Waals surface area contributed by atoms with E-state index in [-0.39, 0.29) is 16.9 Å². The molecule has 0 radical (unpaired) electrons. The second-order valence-corrected chi connectivity index (χ2v) is 10.2. The van der Waals surface area contributed by atoms with Gasteiger partial charge in [-0.1, -0.05) is 24.3 Å². The highest BCUT2D eigenvalue weighted by molar-refractivity contribution is 7.92. The summed E-state index contributed by atoms with van der Waals surface area (Å²) < 4.78 is 39.7. The lowest BCUT2D eigenvalue weighted by molar-refractivity contribution is 0.340. The maximum absolute atomic E-state index is 13.1. The first-order chi connectivity index (χ1) is 16.5. The van der Waals surface area contributed by atoms with Gasteiger partial charge in [-0.05, 0) is 85.0 Å². The maximum atomic E-state index is 13.1. The molecule has 176 valence electrons. The van der Waals surface area contributed by atoms with Crippen LogP contribution in [0.4, 0.5) is 11.4 Å². The molecular formula is C27H28N2O4S. The van der Waals surface area contributed by atoms with Crippen LogP contribution in [0.15, 0.2) is 83.8 Å². The second kappa shape index (κ2) is 9.06. The van der Waals surface area contributed by atoms with E-state index in [1.165, 1.54) is 5.56 Å². The number of anilines is 2. The van der Waals surface area contributed by atoms with Crippen molar-refractivity contribution in [3.63, 3.8) is 0 Å². The molecule has 0 saturated heterocycles. The number of benzene rings is 3. The molecule has 0 spiro atoms. The molecule has 3 unspecified atom stereocenters. The molecule has 0 aromatic heterocycles. The van der Waals surface area contributed by atoms with Gasteiger partial charge in [0.2, 0.25) is 0 Å². The van der Waals surface area contributed by atoms with Crippen molar-refractivity contribution < 1.29 is 17.9 Å². The minimum atomic E-state index is -3.73. The lowest BCUT2D eigenvalue weighted by atomic mass is 9.77. The van der Waals surface area contributed by atoms with Crippen LogP contribution in [0.1, 0.15) is 36.4 Å². The summed E-state index contributed by atoms with van der Waals surface area (Å²) in [5.74, 6) is 2.01. The highest BCUT2D eigenvalue weighted by Gasteiger charge is 2.38. The minimum absolute atomic E-state index is 0.142. The molecule has 3 atom stereocenters. The van der Waals surface area contributed by atoms with Crippen molar-refractivity contribution in [3.05, 3.63) is 90.0 Å². The molecule has 34 heavy (non-hydrogen) atoms. The van der Waals surface area contributed by atoms with E-state index in [1.807, 2.05) is 25.1 Å². The first-order valence-electron chi connectivity index (χ1n) is 11.5. The Morgan fingerprint density at radius 1 is 1.00 bits per heavy atom.